The summed E-state index contributed by atoms with van der Waals surface area (Å²) in [6.07, 6.45) is 5.95. The normalized spacial score (nSPS) is 16.5. The number of nitrogens with zero attached hydrogens (tertiary/aromatic N) is 7. The van der Waals surface area contributed by atoms with E-state index in [1.54, 1.807) is 0 Å². The Morgan fingerprint density at radius 2 is 1.92 bits per heavy atom. The molecule has 0 N–H and O–H groups in total. The number of aromatic nitrogens is 3. The molecule has 4 heterocycles. The van der Waals surface area contributed by atoms with E-state index in [1.807, 2.05) is 73.7 Å². The average Bonchev–Trinajstić information content (AvgIpc) is 3.57. The highest BCUT2D eigenvalue weighted by atomic mass is 16.2. The summed E-state index contributed by atoms with van der Waals surface area (Å²) in [6, 6.07) is 18.4. The number of rotatable bonds is 4. The molecule has 36 heavy (non-hydrogen) atoms. The second-order valence-corrected chi connectivity index (χ2v) is 9.79. The van der Waals surface area contributed by atoms with Crippen LogP contribution in [0.2, 0.25) is 0 Å². The van der Waals surface area contributed by atoms with Gasteiger partial charge in [-0.3, -0.25) is 9.47 Å². The molecule has 8 heteroatoms. The van der Waals surface area contributed by atoms with Crippen molar-refractivity contribution in [3.63, 3.8) is 0 Å². The Labute approximate surface area is 210 Å². The summed E-state index contributed by atoms with van der Waals surface area (Å²) in [7, 11) is 5.95. The zero-order valence-electron chi connectivity index (χ0n) is 20.6. The van der Waals surface area contributed by atoms with Crippen molar-refractivity contribution in [3.8, 4) is 34.4 Å². The number of imidazole rings is 1. The summed E-state index contributed by atoms with van der Waals surface area (Å²) in [4.78, 5) is 23.6. The van der Waals surface area contributed by atoms with Crippen LogP contribution in [0.3, 0.4) is 0 Å². The van der Waals surface area contributed by atoms with E-state index in [0.717, 1.165) is 46.1 Å². The number of anilines is 1. The Balaban J connectivity index is 1.39. The number of nitriles is 1. The van der Waals surface area contributed by atoms with Crippen LogP contribution in [0.4, 0.5) is 10.5 Å². The largest absolute Gasteiger partial charge is 0.340 e. The van der Waals surface area contributed by atoms with E-state index >= 15 is 0 Å². The summed E-state index contributed by atoms with van der Waals surface area (Å²) in [5.74, 6) is 0.879. The maximum atomic E-state index is 13.1. The van der Waals surface area contributed by atoms with Gasteiger partial charge in [0.2, 0.25) is 0 Å². The van der Waals surface area contributed by atoms with Crippen LogP contribution in [-0.2, 0) is 6.54 Å². The van der Waals surface area contributed by atoms with Crippen molar-refractivity contribution in [2.45, 2.75) is 12.6 Å². The molecule has 180 valence electrons. The molecule has 2 aromatic heterocycles. The first-order valence-corrected chi connectivity index (χ1v) is 12.0. The maximum absolute atomic E-state index is 13.1. The Kier molecular flexibility index (Phi) is 5.16. The molecule has 0 aliphatic carbocycles. The third-order valence-corrected chi connectivity index (χ3v) is 7.14. The van der Waals surface area contributed by atoms with Crippen LogP contribution in [0.5, 0.6) is 0 Å². The second kappa shape index (κ2) is 8.40. The minimum Gasteiger partial charge on any atom is -0.340 e. The van der Waals surface area contributed by atoms with Crippen LogP contribution < -0.4 is 4.90 Å². The predicted octanol–water partition coefficient (Wildman–Crippen LogP) is 4.04. The standard InChI is InChI=1S/C28H27N7O/c1-31(2)17-24-18-35(28(36)32(24)3)23-8-9-25-22(12-23)16-33-15-21(20-6-4-19(14-29)5-7-20)13-26(33)27-30-10-11-34(25)27/h4-13,15,24H,16-18H2,1-3H3/t24-/m1/s1. The van der Waals surface area contributed by atoms with Crippen molar-refractivity contribution >= 4 is 11.7 Å². The summed E-state index contributed by atoms with van der Waals surface area (Å²) >= 11 is 0. The second-order valence-electron chi connectivity index (χ2n) is 9.79. The number of likely N-dealkylation sites (N-methyl/N-ethyl adjacent to an activating group) is 2. The first kappa shape index (κ1) is 22.1. The van der Waals surface area contributed by atoms with Crippen molar-refractivity contribution in [2.24, 2.45) is 0 Å². The number of carbonyl (C=O) groups is 1. The Hall–Kier alpha value is -4.35. The summed E-state index contributed by atoms with van der Waals surface area (Å²) in [6.45, 7) is 2.16. The number of carbonyl (C=O) groups excluding carboxylic acids is 1. The van der Waals surface area contributed by atoms with Crippen LogP contribution in [0.1, 0.15) is 11.1 Å². The minimum atomic E-state index is 0.0310. The molecule has 6 rings (SSSR count). The van der Waals surface area contributed by atoms with Crippen molar-refractivity contribution in [1.82, 2.24) is 23.9 Å². The van der Waals surface area contributed by atoms with Gasteiger partial charge in [0.25, 0.3) is 0 Å². The number of hydrogen-bond acceptors (Lipinski definition) is 4. The molecule has 0 unspecified atom stereocenters. The molecule has 2 aliphatic rings. The Morgan fingerprint density at radius 1 is 1.11 bits per heavy atom. The molecule has 4 aromatic rings. The first-order chi connectivity index (χ1) is 17.4. The monoisotopic (exact) mass is 477 g/mol. The first-order valence-electron chi connectivity index (χ1n) is 12.0. The molecule has 2 amide bonds. The van der Waals surface area contributed by atoms with E-state index in [0.29, 0.717) is 18.7 Å². The zero-order valence-corrected chi connectivity index (χ0v) is 20.6. The number of benzene rings is 2. The number of hydrogen-bond donors (Lipinski definition) is 0. The fourth-order valence-corrected chi connectivity index (χ4v) is 5.27. The molecule has 8 nitrogen and oxygen atoms in total. The van der Waals surface area contributed by atoms with Gasteiger partial charge in [0.15, 0.2) is 5.82 Å². The van der Waals surface area contributed by atoms with Gasteiger partial charge in [-0.15, -0.1) is 0 Å². The summed E-state index contributed by atoms with van der Waals surface area (Å²) < 4.78 is 4.34. The van der Waals surface area contributed by atoms with Gasteiger partial charge in [-0.25, -0.2) is 9.78 Å². The molecule has 2 aliphatic heterocycles. The lowest BCUT2D eigenvalue weighted by atomic mass is 10.1. The third kappa shape index (κ3) is 3.56. The number of fused-ring (bicyclic) bond motifs is 5. The van der Waals surface area contributed by atoms with Crippen LogP contribution in [0, 0.1) is 11.3 Å². The van der Waals surface area contributed by atoms with E-state index in [2.05, 4.69) is 49.5 Å². The lowest BCUT2D eigenvalue weighted by Gasteiger charge is -2.21. The highest BCUT2D eigenvalue weighted by molar-refractivity contribution is 5.94. The summed E-state index contributed by atoms with van der Waals surface area (Å²) in [5, 5.41) is 9.13. The number of amides is 2. The van der Waals surface area contributed by atoms with E-state index in [4.69, 9.17) is 5.26 Å². The zero-order chi connectivity index (χ0) is 25.0. The molecule has 1 fully saturated rings. The van der Waals surface area contributed by atoms with E-state index in [9.17, 15) is 4.79 Å². The molecule has 0 bridgehead atoms. The van der Waals surface area contributed by atoms with E-state index in [-0.39, 0.29) is 12.1 Å². The molecule has 0 radical (unpaired) electrons. The molecule has 1 atom stereocenters. The van der Waals surface area contributed by atoms with Gasteiger partial charge in [0.05, 0.1) is 29.1 Å². The van der Waals surface area contributed by atoms with E-state index in [1.165, 1.54) is 0 Å². The van der Waals surface area contributed by atoms with Gasteiger partial charge < -0.3 is 14.4 Å². The van der Waals surface area contributed by atoms with Crippen LogP contribution in [-0.4, -0.2) is 70.2 Å². The topological polar surface area (TPSA) is 73.3 Å². The van der Waals surface area contributed by atoms with Crippen molar-refractivity contribution in [1.29, 1.82) is 5.26 Å². The fourth-order valence-electron chi connectivity index (χ4n) is 5.27. The fraction of sp³-hybridized carbons (Fsp3) is 0.250. The van der Waals surface area contributed by atoms with Crippen molar-refractivity contribution in [3.05, 3.63) is 78.2 Å². The molecular weight excluding hydrogens is 450 g/mol. The molecule has 0 saturated carbocycles. The smallest absolute Gasteiger partial charge is 0.324 e. The Bertz CT molecular complexity index is 1510. The lowest BCUT2D eigenvalue weighted by molar-refractivity contribution is 0.208. The van der Waals surface area contributed by atoms with Crippen molar-refractivity contribution < 1.29 is 4.79 Å². The maximum Gasteiger partial charge on any atom is 0.324 e. The molecule has 1 saturated heterocycles. The lowest BCUT2D eigenvalue weighted by Crippen LogP contribution is -2.37. The minimum absolute atomic E-state index is 0.0310. The molecular formula is C28H27N7O. The van der Waals surface area contributed by atoms with Gasteiger partial charge in [0.1, 0.15) is 0 Å². The predicted molar refractivity (Wildman–Crippen MR) is 139 cm³/mol. The van der Waals surface area contributed by atoms with Gasteiger partial charge >= 0.3 is 6.03 Å². The Morgan fingerprint density at radius 3 is 2.67 bits per heavy atom. The van der Waals surface area contributed by atoms with Gasteiger partial charge in [-0.05, 0) is 61.6 Å². The van der Waals surface area contributed by atoms with Crippen molar-refractivity contribution in [2.75, 3.05) is 39.1 Å². The van der Waals surface area contributed by atoms with Gasteiger partial charge in [-0.1, -0.05) is 12.1 Å². The summed E-state index contributed by atoms with van der Waals surface area (Å²) in [5.41, 5.74) is 6.91. The average molecular weight is 478 g/mol. The van der Waals surface area contributed by atoms with Crippen LogP contribution >= 0.6 is 0 Å². The third-order valence-electron chi connectivity index (χ3n) is 7.14. The number of urea groups is 1. The highest BCUT2D eigenvalue weighted by Crippen LogP contribution is 2.36. The SMILES string of the molecule is CN(C)C[C@@H]1CN(c2ccc3c(c2)Cn2cc(-c4ccc(C#N)cc4)cc2-c2nccn2-3)C(=O)N1C. The highest BCUT2D eigenvalue weighted by Gasteiger charge is 2.36. The van der Waals surface area contributed by atoms with Crippen LogP contribution in [0.25, 0.3) is 28.3 Å². The quantitative estimate of drug-likeness (QED) is 0.392. The van der Waals surface area contributed by atoms with E-state index < -0.39 is 0 Å². The molecule has 0 spiro atoms. The molecule has 2 aromatic carbocycles. The van der Waals surface area contributed by atoms with Gasteiger partial charge in [-0.2, -0.15) is 5.26 Å². The van der Waals surface area contributed by atoms with Gasteiger partial charge in [0, 0.05) is 56.5 Å². The van der Waals surface area contributed by atoms with Crippen LogP contribution in [0.15, 0.2) is 67.1 Å².